The van der Waals surface area contributed by atoms with Crippen LogP contribution in [0.15, 0.2) is 36.7 Å². The van der Waals surface area contributed by atoms with Gasteiger partial charge in [0.05, 0.1) is 18.1 Å². The third kappa shape index (κ3) is 3.39. The normalized spacial score (nSPS) is 15.1. The highest BCUT2D eigenvalue weighted by atomic mass is 35.5. The van der Waals surface area contributed by atoms with Crippen molar-refractivity contribution in [2.24, 2.45) is 5.92 Å². The smallest absolute Gasteiger partial charge is 0.227 e. The van der Waals surface area contributed by atoms with Crippen LogP contribution in [0.25, 0.3) is 11.4 Å². The second kappa shape index (κ2) is 6.22. The van der Waals surface area contributed by atoms with Gasteiger partial charge in [-0.25, -0.2) is 9.97 Å². The van der Waals surface area contributed by atoms with Crippen LogP contribution in [-0.4, -0.2) is 15.9 Å². The van der Waals surface area contributed by atoms with Gasteiger partial charge in [0.15, 0.2) is 5.82 Å². The molecule has 1 aromatic carbocycles. The molecule has 1 fully saturated rings. The predicted octanol–water partition coefficient (Wildman–Crippen LogP) is 3.93. The largest absolute Gasteiger partial charge is 0.323 e. The Kier molecular flexibility index (Phi) is 4.15. The summed E-state index contributed by atoms with van der Waals surface area (Å²) in [7, 11) is 0. The SMILES string of the molecule is O=C(Nc1cnc(-c2cccc(Cl)c2)nc1)C1CCCC1. The molecule has 0 aliphatic heterocycles. The van der Waals surface area contributed by atoms with Crippen LogP contribution in [0.3, 0.4) is 0 Å². The van der Waals surface area contributed by atoms with Crippen LogP contribution in [0.2, 0.25) is 5.02 Å². The molecule has 1 aromatic heterocycles. The molecule has 1 aliphatic carbocycles. The van der Waals surface area contributed by atoms with Crippen LogP contribution >= 0.6 is 11.6 Å². The Morgan fingerprint density at radius 2 is 1.90 bits per heavy atom. The minimum Gasteiger partial charge on any atom is -0.323 e. The quantitative estimate of drug-likeness (QED) is 0.934. The van der Waals surface area contributed by atoms with Crippen LogP contribution in [0.4, 0.5) is 5.69 Å². The third-order valence-corrected chi connectivity index (χ3v) is 3.96. The lowest BCUT2D eigenvalue weighted by Gasteiger charge is -2.10. The van der Waals surface area contributed by atoms with Gasteiger partial charge in [-0.15, -0.1) is 0 Å². The average molecular weight is 302 g/mol. The number of aromatic nitrogens is 2. The molecule has 1 N–H and O–H groups in total. The fraction of sp³-hybridized carbons (Fsp3) is 0.312. The molecule has 5 heteroatoms. The third-order valence-electron chi connectivity index (χ3n) is 3.73. The summed E-state index contributed by atoms with van der Waals surface area (Å²) in [4.78, 5) is 20.6. The molecule has 1 amide bonds. The molecule has 1 heterocycles. The van der Waals surface area contributed by atoms with Crippen molar-refractivity contribution in [1.29, 1.82) is 0 Å². The summed E-state index contributed by atoms with van der Waals surface area (Å²) in [6, 6.07) is 7.38. The highest BCUT2D eigenvalue weighted by Gasteiger charge is 2.22. The Labute approximate surface area is 128 Å². The minimum absolute atomic E-state index is 0.0756. The first-order chi connectivity index (χ1) is 10.2. The Balaban J connectivity index is 1.70. The molecule has 2 aromatic rings. The van der Waals surface area contributed by atoms with E-state index in [1.807, 2.05) is 18.2 Å². The molecule has 0 atom stereocenters. The maximum Gasteiger partial charge on any atom is 0.227 e. The predicted molar refractivity (Wildman–Crippen MR) is 83.1 cm³/mol. The summed E-state index contributed by atoms with van der Waals surface area (Å²) in [6.07, 6.45) is 7.51. The molecule has 0 spiro atoms. The number of rotatable bonds is 3. The number of amides is 1. The van der Waals surface area contributed by atoms with Gasteiger partial charge in [-0.2, -0.15) is 0 Å². The minimum atomic E-state index is 0.0756. The number of carbonyl (C=O) groups excluding carboxylic acids is 1. The van der Waals surface area contributed by atoms with Gasteiger partial charge in [0.1, 0.15) is 0 Å². The van der Waals surface area contributed by atoms with Gasteiger partial charge >= 0.3 is 0 Å². The molecule has 1 aliphatic rings. The summed E-state index contributed by atoms with van der Waals surface area (Å²) in [5.41, 5.74) is 1.49. The highest BCUT2D eigenvalue weighted by Crippen LogP contribution is 2.26. The Morgan fingerprint density at radius 3 is 2.57 bits per heavy atom. The zero-order valence-corrected chi connectivity index (χ0v) is 12.3. The van der Waals surface area contributed by atoms with E-state index in [-0.39, 0.29) is 11.8 Å². The fourth-order valence-electron chi connectivity index (χ4n) is 2.60. The highest BCUT2D eigenvalue weighted by molar-refractivity contribution is 6.30. The van der Waals surface area contributed by atoms with E-state index in [0.29, 0.717) is 16.5 Å². The summed E-state index contributed by atoms with van der Waals surface area (Å²) in [5, 5.41) is 3.53. The van der Waals surface area contributed by atoms with Crippen molar-refractivity contribution in [2.45, 2.75) is 25.7 Å². The van der Waals surface area contributed by atoms with Crippen molar-refractivity contribution in [3.63, 3.8) is 0 Å². The lowest BCUT2D eigenvalue weighted by Crippen LogP contribution is -2.20. The lowest BCUT2D eigenvalue weighted by atomic mass is 10.1. The molecule has 21 heavy (non-hydrogen) atoms. The fourth-order valence-corrected chi connectivity index (χ4v) is 2.79. The van der Waals surface area contributed by atoms with Crippen LogP contribution in [-0.2, 0) is 4.79 Å². The zero-order valence-electron chi connectivity index (χ0n) is 11.6. The molecular formula is C16H16ClN3O. The summed E-state index contributed by atoms with van der Waals surface area (Å²) >= 11 is 5.95. The van der Waals surface area contributed by atoms with Gasteiger partial charge < -0.3 is 5.32 Å². The molecule has 0 radical (unpaired) electrons. The molecule has 108 valence electrons. The topological polar surface area (TPSA) is 54.9 Å². The van der Waals surface area contributed by atoms with E-state index in [1.54, 1.807) is 18.5 Å². The standard InChI is InChI=1S/C16H16ClN3O/c17-13-7-3-6-12(8-13)15-18-9-14(10-19-15)20-16(21)11-4-1-2-5-11/h3,6-11H,1-2,4-5H2,(H,20,21). The number of anilines is 1. The van der Waals surface area contributed by atoms with Gasteiger partial charge in [0.2, 0.25) is 5.91 Å². The Hall–Kier alpha value is -1.94. The first-order valence-corrected chi connectivity index (χ1v) is 7.49. The van der Waals surface area contributed by atoms with Crippen LogP contribution in [0.1, 0.15) is 25.7 Å². The van der Waals surface area contributed by atoms with Crippen LogP contribution in [0, 0.1) is 5.92 Å². The molecular weight excluding hydrogens is 286 g/mol. The molecule has 3 rings (SSSR count). The van der Waals surface area contributed by atoms with Gasteiger partial charge in [0.25, 0.3) is 0 Å². The second-order valence-corrected chi connectivity index (χ2v) is 5.71. The van der Waals surface area contributed by atoms with E-state index in [2.05, 4.69) is 15.3 Å². The molecule has 1 saturated carbocycles. The molecule has 4 nitrogen and oxygen atoms in total. The van der Waals surface area contributed by atoms with Crippen molar-refractivity contribution in [3.8, 4) is 11.4 Å². The average Bonchev–Trinajstić information content (AvgIpc) is 3.02. The van der Waals surface area contributed by atoms with Crippen LogP contribution in [0.5, 0.6) is 0 Å². The van der Waals surface area contributed by atoms with E-state index < -0.39 is 0 Å². The van der Waals surface area contributed by atoms with Crippen molar-refractivity contribution in [2.75, 3.05) is 5.32 Å². The maximum absolute atomic E-state index is 12.0. The van der Waals surface area contributed by atoms with E-state index in [1.165, 1.54) is 0 Å². The monoisotopic (exact) mass is 301 g/mol. The van der Waals surface area contributed by atoms with Crippen molar-refractivity contribution in [3.05, 3.63) is 41.7 Å². The summed E-state index contributed by atoms with van der Waals surface area (Å²) < 4.78 is 0. The van der Waals surface area contributed by atoms with Crippen molar-refractivity contribution in [1.82, 2.24) is 9.97 Å². The van der Waals surface area contributed by atoms with E-state index in [4.69, 9.17) is 11.6 Å². The first-order valence-electron chi connectivity index (χ1n) is 7.11. The molecule has 0 bridgehead atoms. The molecule has 0 unspecified atom stereocenters. The van der Waals surface area contributed by atoms with Crippen LogP contribution < -0.4 is 5.32 Å². The maximum atomic E-state index is 12.0. The number of nitrogens with zero attached hydrogens (tertiary/aromatic N) is 2. The number of hydrogen-bond donors (Lipinski definition) is 1. The number of carbonyl (C=O) groups is 1. The number of benzene rings is 1. The van der Waals surface area contributed by atoms with E-state index in [9.17, 15) is 4.79 Å². The first kappa shape index (κ1) is 14.0. The molecule has 0 saturated heterocycles. The number of halogens is 1. The summed E-state index contributed by atoms with van der Waals surface area (Å²) in [6.45, 7) is 0. The number of nitrogens with one attached hydrogen (secondary N) is 1. The van der Waals surface area contributed by atoms with Gasteiger partial charge in [-0.3, -0.25) is 4.79 Å². The van der Waals surface area contributed by atoms with Gasteiger partial charge in [-0.05, 0) is 25.0 Å². The second-order valence-electron chi connectivity index (χ2n) is 5.28. The van der Waals surface area contributed by atoms with Gasteiger partial charge in [-0.1, -0.05) is 36.6 Å². The van der Waals surface area contributed by atoms with Crippen molar-refractivity contribution < 1.29 is 4.79 Å². The Morgan fingerprint density at radius 1 is 1.19 bits per heavy atom. The van der Waals surface area contributed by atoms with E-state index >= 15 is 0 Å². The zero-order chi connectivity index (χ0) is 14.7. The summed E-state index contributed by atoms with van der Waals surface area (Å²) in [5.74, 6) is 0.806. The lowest BCUT2D eigenvalue weighted by molar-refractivity contribution is -0.119. The number of hydrogen-bond acceptors (Lipinski definition) is 3. The van der Waals surface area contributed by atoms with Crippen molar-refractivity contribution >= 4 is 23.2 Å². The van der Waals surface area contributed by atoms with E-state index in [0.717, 1.165) is 31.2 Å². The van der Waals surface area contributed by atoms with Gasteiger partial charge in [0, 0.05) is 16.5 Å². The Bertz CT molecular complexity index is 636.